The predicted molar refractivity (Wildman–Crippen MR) is 104 cm³/mol. The molecule has 0 bridgehead atoms. The van der Waals surface area contributed by atoms with Gasteiger partial charge in [0, 0.05) is 30.4 Å². The third kappa shape index (κ3) is 6.07. The van der Waals surface area contributed by atoms with Gasteiger partial charge in [-0.1, -0.05) is 12.1 Å². The van der Waals surface area contributed by atoms with Gasteiger partial charge < -0.3 is 16.0 Å². The van der Waals surface area contributed by atoms with E-state index in [9.17, 15) is 4.79 Å². The Morgan fingerprint density at radius 2 is 2.21 bits per heavy atom. The Balaban J connectivity index is 1.95. The molecule has 6 heteroatoms. The fraction of sp³-hybridized carbons (Fsp3) is 0.556. The number of hydrogen-bond acceptors (Lipinski definition) is 3. The number of thioether (sulfide) groups is 1. The molecule has 3 N–H and O–H groups in total. The number of carbonyl (C=O) groups excluding carboxylic acids is 1. The lowest BCUT2D eigenvalue weighted by Crippen LogP contribution is -2.43. The molecule has 0 radical (unpaired) electrons. The van der Waals surface area contributed by atoms with Gasteiger partial charge in [0.1, 0.15) is 0 Å². The van der Waals surface area contributed by atoms with Gasteiger partial charge in [0.25, 0.3) is 0 Å². The number of carbonyl (C=O) groups is 1. The minimum Gasteiger partial charge on any atom is -0.357 e. The first-order chi connectivity index (χ1) is 11.5. The normalized spacial score (nSPS) is 20.7. The predicted octanol–water partition coefficient (Wildman–Crippen LogP) is 2.99. The highest BCUT2D eigenvalue weighted by atomic mass is 32.2. The maximum atomic E-state index is 11.2. The van der Waals surface area contributed by atoms with Crippen LogP contribution < -0.4 is 16.0 Å². The van der Waals surface area contributed by atoms with Crippen molar-refractivity contribution in [3.05, 3.63) is 29.8 Å². The van der Waals surface area contributed by atoms with E-state index in [0.29, 0.717) is 11.3 Å². The van der Waals surface area contributed by atoms with E-state index in [1.807, 2.05) is 36.0 Å². The van der Waals surface area contributed by atoms with E-state index in [1.165, 1.54) is 25.5 Å². The summed E-state index contributed by atoms with van der Waals surface area (Å²) < 4.78 is 0.307. The van der Waals surface area contributed by atoms with Crippen LogP contribution in [0.25, 0.3) is 0 Å². The molecule has 1 aromatic carbocycles. The Morgan fingerprint density at radius 1 is 1.38 bits per heavy atom. The molecule has 132 valence electrons. The average Bonchev–Trinajstić information content (AvgIpc) is 2.97. The number of amides is 1. The van der Waals surface area contributed by atoms with Crippen molar-refractivity contribution >= 4 is 29.3 Å². The highest BCUT2D eigenvalue weighted by Crippen LogP contribution is 2.36. The number of aliphatic imine (C=N–C) groups is 1. The molecular formula is C18H28N4OS. The van der Waals surface area contributed by atoms with Crippen molar-refractivity contribution in [1.82, 2.24) is 10.6 Å². The molecule has 1 aromatic rings. The maximum Gasteiger partial charge on any atom is 0.221 e. The first-order valence-electron chi connectivity index (χ1n) is 8.53. The van der Waals surface area contributed by atoms with Crippen LogP contribution in [0.4, 0.5) is 5.69 Å². The van der Waals surface area contributed by atoms with Gasteiger partial charge in [-0.3, -0.25) is 4.79 Å². The molecule has 1 atom stereocenters. The third-order valence-corrected chi connectivity index (χ3v) is 5.48. The van der Waals surface area contributed by atoms with E-state index in [-0.39, 0.29) is 5.91 Å². The summed E-state index contributed by atoms with van der Waals surface area (Å²) >= 11 is 2.04. The summed E-state index contributed by atoms with van der Waals surface area (Å²) in [5.41, 5.74) is 1.88. The summed E-state index contributed by atoms with van der Waals surface area (Å²) in [6.45, 7) is 8.24. The van der Waals surface area contributed by atoms with E-state index in [4.69, 9.17) is 0 Å². The molecule has 5 nitrogen and oxygen atoms in total. The molecule has 0 aromatic heterocycles. The maximum absolute atomic E-state index is 11.2. The number of nitrogens with zero attached hydrogens (tertiary/aromatic N) is 1. The van der Waals surface area contributed by atoms with Crippen LogP contribution in [0, 0.1) is 0 Å². The average molecular weight is 349 g/mol. The first-order valence-corrected chi connectivity index (χ1v) is 9.52. The van der Waals surface area contributed by atoms with Gasteiger partial charge in [-0.2, -0.15) is 11.8 Å². The zero-order valence-corrected chi connectivity index (χ0v) is 15.6. The van der Waals surface area contributed by atoms with E-state index >= 15 is 0 Å². The Morgan fingerprint density at radius 3 is 2.88 bits per heavy atom. The van der Waals surface area contributed by atoms with Crippen molar-refractivity contribution in [1.29, 1.82) is 0 Å². The van der Waals surface area contributed by atoms with Crippen LogP contribution in [-0.4, -0.2) is 35.5 Å². The summed E-state index contributed by atoms with van der Waals surface area (Å²) in [5, 5.41) is 9.57. The zero-order valence-electron chi connectivity index (χ0n) is 14.8. The molecule has 0 saturated carbocycles. The standard InChI is InChI=1S/C18H28N4OS/c1-4-19-17(21-13-18(3)9-6-10-24-18)20-12-15-7-5-8-16(11-15)22-14(2)23/h5,7-8,11H,4,6,9-10,12-13H2,1-3H3,(H,22,23)(H2,19,20,21). The van der Waals surface area contributed by atoms with Gasteiger partial charge in [0.2, 0.25) is 5.91 Å². The molecule has 0 aliphatic carbocycles. The Bertz CT molecular complexity index is 582. The molecule has 1 fully saturated rings. The molecule has 2 rings (SSSR count). The topological polar surface area (TPSA) is 65.5 Å². The summed E-state index contributed by atoms with van der Waals surface area (Å²) in [7, 11) is 0. The van der Waals surface area contributed by atoms with Gasteiger partial charge in [-0.05, 0) is 50.1 Å². The van der Waals surface area contributed by atoms with Gasteiger partial charge in [-0.25, -0.2) is 4.99 Å². The lowest BCUT2D eigenvalue weighted by molar-refractivity contribution is -0.114. The number of guanidine groups is 1. The zero-order chi connectivity index (χ0) is 17.4. The van der Waals surface area contributed by atoms with Crippen molar-refractivity contribution in [2.24, 2.45) is 4.99 Å². The largest absolute Gasteiger partial charge is 0.357 e. The van der Waals surface area contributed by atoms with Crippen LogP contribution in [0.5, 0.6) is 0 Å². The molecule has 1 saturated heterocycles. The van der Waals surface area contributed by atoms with Crippen molar-refractivity contribution < 1.29 is 4.79 Å². The SMILES string of the molecule is CCNC(=NCc1cccc(NC(C)=O)c1)NCC1(C)CCCS1. The molecule has 1 unspecified atom stereocenters. The number of nitrogens with one attached hydrogen (secondary N) is 3. The molecule has 0 spiro atoms. The minimum absolute atomic E-state index is 0.0621. The van der Waals surface area contributed by atoms with Crippen molar-refractivity contribution in [3.8, 4) is 0 Å². The smallest absolute Gasteiger partial charge is 0.221 e. The van der Waals surface area contributed by atoms with E-state index in [1.54, 1.807) is 0 Å². The van der Waals surface area contributed by atoms with Crippen LogP contribution in [-0.2, 0) is 11.3 Å². The van der Waals surface area contributed by atoms with Crippen LogP contribution in [0.15, 0.2) is 29.3 Å². The second-order valence-electron chi connectivity index (χ2n) is 6.33. The number of rotatable bonds is 6. The van der Waals surface area contributed by atoms with E-state index < -0.39 is 0 Å². The highest BCUT2D eigenvalue weighted by molar-refractivity contribution is 8.00. The minimum atomic E-state index is -0.0621. The number of hydrogen-bond donors (Lipinski definition) is 3. The van der Waals surface area contributed by atoms with Crippen LogP contribution in [0.2, 0.25) is 0 Å². The molecule has 1 amide bonds. The van der Waals surface area contributed by atoms with Gasteiger partial charge >= 0.3 is 0 Å². The third-order valence-electron chi connectivity index (χ3n) is 3.94. The van der Waals surface area contributed by atoms with Gasteiger partial charge in [0.05, 0.1) is 6.54 Å². The van der Waals surface area contributed by atoms with Gasteiger partial charge in [0.15, 0.2) is 5.96 Å². The van der Waals surface area contributed by atoms with Crippen LogP contribution in [0.1, 0.15) is 39.2 Å². The fourth-order valence-corrected chi connectivity index (χ4v) is 3.95. The first kappa shape index (κ1) is 18.6. The van der Waals surface area contributed by atoms with Crippen molar-refractivity contribution in [2.45, 2.75) is 44.9 Å². The quantitative estimate of drug-likeness (QED) is 0.546. The van der Waals surface area contributed by atoms with E-state index in [0.717, 1.165) is 30.3 Å². The van der Waals surface area contributed by atoms with Crippen LogP contribution in [0.3, 0.4) is 0 Å². The molecule has 24 heavy (non-hydrogen) atoms. The Hall–Kier alpha value is -1.69. The van der Waals surface area contributed by atoms with Crippen molar-refractivity contribution in [3.63, 3.8) is 0 Å². The summed E-state index contributed by atoms with van der Waals surface area (Å²) in [5.74, 6) is 2.03. The highest BCUT2D eigenvalue weighted by Gasteiger charge is 2.29. The lowest BCUT2D eigenvalue weighted by Gasteiger charge is -2.24. The fourth-order valence-electron chi connectivity index (χ4n) is 2.71. The van der Waals surface area contributed by atoms with Crippen LogP contribution >= 0.6 is 11.8 Å². The molecular weight excluding hydrogens is 320 g/mol. The lowest BCUT2D eigenvalue weighted by atomic mass is 10.1. The van der Waals surface area contributed by atoms with Crippen molar-refractivity contribution in [2.75, 3.05) is 24.2 Å². The summed E-state index contributed by atoms with van der Waals surface area (Å²) in [4.78, 5) is 15.8. The summed E-state index contributed by atoms with van der Waals surface area (Å²) in [6.07, 6.45) is 2.55. The molecule has 1 aliphatic heterocycles. The second kappa shape index (κ2) is 8.97. The Kier molecular flexibility index (Phi) is 6.97. The molecule has 1 heterocycles. The van der Waals surface area contributed by atoms with E-state index in [2.05, 4.69) is 34.8 Å². The second-order valence-corrected chi connectivity index (χ2v) is 8.01. The number of anilines is 1. The number of benzene rings is 1. The summed E-state index contributed by atoms with van der Waals surface area (Å²) in [6, 6.07) is 7.80. The molecule has 1 aliphatic rings. The Labute approximate surface area is 149 Å². The van der Waals surface area contributed by atoms with Gasteiger partial charge in [-0.15, -0.1) is 0 Å². The monoisotopic (exact) mass is 348 g/mol.